The Labute approximate surface area is 165 Å². The van der Waals surface area contributed by atoms with Crippen LogP contribution in [0.3, 0.4) is 0 Å². The average Bonchev–Trinajstić information content (AvgIpc) is 2.67. The van der Waals surface area contributed by atoms with Crippen molar-refractivity contribution in [2.75, 3.05) is 20.3 Å². The van der Waals surface area contributed by atoms with E-state index in [1.807, 2.05) is 0 Å². The second kappa shape index (κ2) is 10.3. The van der Waals surface area contributed by atoms with Crippen LogP contribution in [0.4, 0.5) is 0 Å². The first-order valence-electron chi connectivity index (χ1n) is 8.75. The van der Waals surface area contributed by atoms with E-state index in [0.29, 0.717) is 0 Å². The molecule has 0 aromatic carbocycles. The van der Waals surface area contributed by atoms with E-state index in [2.05, 4.69) is 9.88 Å². The minimum atomic E-state index is -1.75. The molecule has 0 aromatic rings. The zero-order valence-corrected chi connectivity index (χ0v) is 15.8. The molecule has 10 atom stereocenters. The lowest BCUT2D eigenvalue weighted by Crippen LogP contribution is -2.64. The van der Waals surface area contributed by atoms with Crippen LogP contribution in [0, 0.1) is 0 Å². The van der Waals surface area contributed by atoms with Gasteiger partial charge in [-0.2, -0.15) is 0 Å². The first-order chi connectivity index (χ1) is 13.6. The highest BCUT2D eigenvalue weighted by atomic mass is 17.2. The van der Waals surface area contributed by atoms with E-state index in [9.17, 15) is 35.9 Å². The van der Waals surface area contributed by atoms with E-state index < -0.39 is 68.0 Å². The van der Waals surface area contributed by atoms with E-state index in [0.717, 1.165) is 0 Å². The normalized spacial score (nSPS) is 44.2. The topological polar surface area (TPSA) is 214 Å². The molecule has 8 N–H and O–H groups in total. The first kappa shape index (κ1) is 24.3. The molecule has 0 aromatic heterocycles. The molecule has 0 amide bonds. The van der Waals surface area contributed by atoms with Crippen LogP contribution in [-0.2, 0) is 23.6 Å². The summed E-state index contributed by atoms with van der Waals surface area (Å²) in [7, 11) is 1.19. The van der Waals surface area contributed by atoms with Crippen molar-refractivity contribution >= 4 is 5.90 Å². The zero-order chi connectivity index (χ0) is 21.9. The summed E-state index contributed by atoms with van der Waals surface area (Å²) in [5.41, 5.74) is 0. The minimum absolute atomic E-state index is 0.298. The largest absolute Gasteiger partial charge is 0.394 e. The lowest BCUT2D eigenvalue weighted by molar-refractivity contribution is -0.432. The highest BCUT2D eigenvalue weighted by Gasteiger charge is 2.51. The molecule has 0 radical (unpaired) electrons. The van der Waals surface area contributed by atoms with Crippen LogP contribution in [0.25, 0.3) is 0 Å². The standard InChI is InChI=1S/C15H27NO13/c1-5(28-23)16-8-10(19)13(6(3-17)25-14(8)22)27-15-12(21)11(20)9(18)7(26-15)4-29(2)24/h6-15,17-22,24H,3-4H2,1-2H3/p+1/t6-,7-,8-,9+,10-,11+,12-,13-,14-,15+/m1/s1. The summed E-state index contributed by atoms with van der Waals surface area (Å²) >= 11 is 0. The molecule has 0 aliphatic carbocycles. The molecule has 0 unspecified atom stereocenters. The fourth-order valence-electron chi connectivity index (χ4n) is 3.17. The first-order valence-corrected chi connectivity index (χ1v) is 8.75. The van der Waals surface area contributed by atoms with Gasteiger partial charge in [0.05, 0.1) is 6.61 Å². The monoisotopic (exact) mass is 430 g/mol. The van der Waals surface area contributed by atoms with Gasteiger partial charge in [-0.05, 0) is 0 Å². The van der Waals surface area contributed by atoms with Gasteiger partial charge in [-0.1, -0.05) is 0 Å². The minimum Gasteiger partial charge on any atom is -0.394 e. The van der Waals surface area contributed by atoms with Crippen LogP contribution in [0.5, 0.6) is 0 Å². The number of hydrogen-bond donors (Lipinski definition) is 8. The van der Waals surface area contributed by atoms with Crippen LogP contribution >= 0.6 is 0 Å². The van der Waals surface area contributed by atoms with Gasteiger partial charge < -0.3 is 49.7 Å². The Hall–Kier alpha value is -1.01. The van der Waals surface area contributed by atoms with Crippen LogP contribution in [0.2, 0.25) is 0 Å². The third-order valence-electron chi connectivity index (χ3n) is 4.67. The fraction of sp³-hybridized carbons (Fsp3) is 0.933. The number of ether oxygens (including phenoxy) is 3. The lowest BCUT2D eigenvalue weighted by atomic mass is 9.96. The van der Waals surface area contributed by atoms with E-state index >= 15 is 0 Å². The van der Waals surface area contributed by atoms with E-state index in [-0.39, 0.29) is 12.5 Å². The van der Waals surface area contributed by atoms with Crippen molar-refractivity contribution in [1.29, 1.82) is 0 Å². The molecule has 29 heavy (non-hydrogen) atoms. The van der Waals surface area contributed by atoms with Gasteiger partial charge in [0.25, 0.3) is 0 Å². The fourth-order valence-corrected chi connectivity index (χ4v) is 3.17. The van der Waals surface area contributed by atoms with Crippen molar-refractivity contribution in [3.63, 3.8) is 0 Å². The maximum Gasteiger partial charge on any atom is 0.224 e. The molecule has 2 rings (SSSR count). The molecule has 170 valence electrons. The molecule has 0 bridgehead atoms. The van der Waals surface area contributed by atoms with Gasteiger partial charge in [-0.15, -0.1) is 5.26 Å². The Morgan fingerprint density at radius 3 is 2.21 bits per heavy atom. The quantitative estimate of drug-likeness (QED) is 0.0669. The van der Waals surface area contributed by atoms with E-state index in [4.69, 9.17) is 19.5 Å². The van der Waals surface area contributed by atoms with Crippen molar-refractivity contribution in [1.82, 2.24) is 0 Å². The molecule has 2 heterocycles. The molecule has 2 aliphatic rings. The number of aliphatic imine (C=N–C) groups is 1. The van der Waals surface area contributed by atoms with Crippen molar-refractivity contribution < 1.29 is 64.8 Å². The number of hydrogen-bond acceptors (Lipinski definition) is 13. The van der Waals surface area contributed by atoms with Crippen LogP contribution in [0.1, 0.15) is 6.92 Å². The third kappa shape index (κ3) is 5.57. The van der Waals surface area contributed by atoms with E-state index in [1.165, 1.54) is 18.6 Å². The van der Waals surface area contributed by atoms with Crippen molar-refractivity contribution in [3.05, 3.63) is 0 Å². The summed E-state index contributed by atoms with van der Waals surface area (Å²) < 4.78 is 17.6. The zero-order valence-electron chi connectivity index (χ0n) is 15.8. The number of rotatable bonds is 6. The van der Waals surface area contributed by atoms with Crippen LogP contribution in [0.15, 0.2) is 4.99 Å². The maximum atomic E-state index is 10.6. The van der Waals surface area contributed by atoms with Crippen molar-refractivity contribution in [2.45, 2.75) is 68.3 Å². The highest BCUT2D eigenvalue weighted by molar-refractivity contribution is 5.72. The summed E-state index contributed by atoms with van der Waals surface area (Å²) in [5, 5.41) is 78.2. The summed E-state index contributed by atoms with van der Waals surface area (Å²) in [6.07, 6.45) is -13.8. The maximum absolute atomic E-state index is 10.6. The molecular weight excluding hydrogens is 402 g/mol. The summed E-state index contributed by atoms with van der Waals surface area (Å²) in [6.45, 7) is 0.223. The summed E-state index contributed by atoms with van der Waals surface area (Å²) in [4.78, 5) is 7.66. The molecule has 14 nitrogen and oxygen atoms in total. The SMILES string of the molecule is CC(=N[C@@H]1[C@@H](O)[C@H](O[C@@H]2O[C@H](C[O+](C)O)[C@H](O)[C@H](O)[C@H]2O)[C@@H](CO)O[C@H]1O)OO. The predicted octanol–water partition coefficient (Wildman–Crippen LogP) is -3.82. The number of nitrogens with zero attached hydrogens (tertiary/aromatic N) is 1. The Balaban J connectivity index is 2.21. The Bertz CT molecular complexity index is 548. The van der Waals surface area contributed by atoms with Gasteiger partial charge in [0.1, 0.15) is 42.7 Å². The predicted molar refractivity (Wildman–Crippen MR) is 90.6 cm³/mol. The lowest BCUT2D eigenvalue weighted by Gasteiger charge is -2.45. The van der Waals surface area contributed by atoms with Gasteiger partial charge in [0.2, 0.25) is 12.5 Å². The molecule has 2 fully saturated rings. The average molecular weight is 430 g/mol. The van der Waals surface area contributed by atoms with Crippen molar-refractivity contribution in [2.24, 2.45) is 4.99 Å². The van der Waals surface area contributed by atoms with Crippen molar-refractivity contribution in [3.8, 4) is 0 Å². The van der Waals surface area contributed by atoms with Crippen LogP contribution in [-0.4, -0.2) is 129 Å². The summed E-state index contributed by atoms with van der Waals surface area (Å²) in [6, 6.07) is -1.39. The molecule has 2 aliphatic heterocycles. The van der Waals surface area contributed by atoms with Crippen LogP contribution < -0.4 is 0 Å². The Morgan fingerprint density at radius 1 is 1.00 bits per heavy atom. The molecular formula is C15H28NO13+. The van der Waals surface area contributed by atoms with Gasteiger partial charge in [0, 0.05) is 6.92 Å². The molecule has 2 saturated heterocycles. The van der Waals surface area contributed by atoms with Gasteiger partial charge in [-0.25, -0.2) is 14.8 Å². The van der Waals surface area contributed by atoms with Gasteiger partial charge in [0.15, 0.2) is 25.8 Å². The summed E-state index contributed by atoms with van der Waals surface area (Å²) in [5.74, 6) is -0.298. The smallest absolute Gasteiger partial charge is 0.224 e. The highest BCUT2D eigenvalue weighted by Crippen LogP contribution is 2.30. The number of aliphatic hydroxyl groups is 6. The van der Waals surface area contributed by atoms with E-state index in [1.54, 1.807) is 0 Å². The van der Waals surface area contributed by atoms with Gasteiger partial charge in [-0.3, -0.25) is 0 Å². The molecule has 14 heteroatoms. The Kier molecular flexibility index (Phi) is 8.65. The second-order valence-corrected chi connectivity index (χ2v) is 6.85. The second-order valence-electron chi connectivity index (χ2n) is 6.85. The Morgan fingerprint density at radius 2 is 1.66 bits per heavy atom. The number of aliphatic hydroxyl groups excluding tert-OH is 6. The third-order valence-corrected chi connectivity index (χ3v) is 4.67. The molecule has 0 spiro atoms. The molecule has 0 saturated carbocycles. The van der Waals surface area contributed by atoms with Gasteiger partial charge >= 0.3 is 0 Å².